The largest absolute Gasteiger partial charge is 0.504 e. The Balaban J connectivity index is 1.92. The number of methoxy groups -OCH3 is 3. The fourth-order valence-corrected chi connectivity index (χ4v) is 3.87. The van der Waals surface area contributed by atoms with Gasteiger partial charge in [-0.1, -0.05) is 26.0 Å². The maximum Gasteiger partial charge on any atom is 0.160 e. The molecule has 168 valence electrons. The Morgan fingerprint density at radius 3 is 2.23 bits per heavy atom. The molecule has 1 atom stereocenters. The Morgan fingerprint density at radius 2 is 1.65 bits per heavy atom. The lowest BCUT2D eigenvalue weighted by Crippen LogP contribution is -2.32. The summed E-state index contributed by atoms with van der Waals surface area (Å²) >= 11 is 0. The van der Waals surface area contributed by atoms with Crippen LogP contribution in [-0.4, -0.2) is 39.5 Å². The van der Waals surface area contributed by atoms with E-state index in [1.54, 1.807) is 26.4 Å². The van der Waals surface area contributed by atoms with Crippen LogP contribution in [0.1, 0.15) is 37.8 Å². The average molecular weight is 427 g/mol. The second kappa shape index (κ2) is 11.5. The second-order valence-electron chi connectivity index (χ2n) is 7.92. The van der Waals surface area contributed by atoms with Crippen molar-refractivity contribution in [3.8, 4) is 29.1 Å². The summed E-state index contributed by atoms with van der Waals surface area (Å²) in [6, 6.07) is 13.7. The van der Waals surface area contributed by atoms with Crippen LogP contribution in [0, 0.1) is 17.2 Å². The predicted octanol–water partition coefficient (Wildman–Crippen LogP) is 4.45. The summed E-state index contributed by atoms with van der Waals surface area (Å²) in [6.45, 7) is 5.75. The normalized spacial score (nSPS) is 12.8. The molecule has 6 heteroatoms. The first kappa shape index (κ1) is 24.4. The molecular formula is C25H34N2O4. The van der Waals surface area contributed by atoms with Crippen LogP contribution in [0.4, 0.5) is 0 Å². The van der Waals surface area contributed by atoms with E-state index in [-0.39, 0.29) is 11.7 Å². The summed E-state index contributed by atoms with van der Waals surface area (Å²) in [4.78, 5) is 0. The van der Waals surface area contributed by atoms with Crippen molar-refractivity contribution < 1.29 is 19.3 Å². The van der Waals surface area contributed by atoms with E-state index in [1.165, 1.54) is 12.7 Å². The minimum atomic E-state index is -0.658. The quantitative estimate of drug-likeness (QED) is 0.488. The van der Waals surface area contributed by atoms with Gasteiger partial charge in [-0.2, -0.15) is 5.26 Å². The molecule has 0 amide bonds. The molecule has 31 heavy (non-hydrogen) atoms. The van der Waals surface area contributed by atoms with E-state index in [1.807, 2.05) is 24.3 Å². The van der Waals surface area contributed by atoms with Crippen LogP contribution in [0.5, 0.6) is 23.0 Å². The van der Waals surface area contributed by atoms with Gasteiger partial charge in [-0.15, -0.1) is 0 Å². The zero-order valence-electron chi connectivity index (χ0n) is 19.2. The van der Waals surface area contributed by atoms with Gasteiger partial charge in [0.05, 0.1) is 32.8 Å². The lowest BCUT2D eigenvalue weighted by Gasteiger charge is -2.31. The van der Waals surface area contributed by atoms with Crippen LogP contribution in [0.25, 0.3) is 0 Å². The number of phenols is 1. The third-order valence-corrected chi connectivity index (χ3v) is 5.84. The molecule has 2 aromatic rings. The molecule has 0 bridgehead atoms. The molecule has 0 radical (unpaired) electrons. The van der Waals surface area contributed by atoms with E-state index >= 15 is 0 Å². The van der Waals surface area contributed by atoms with Gasteiger partial charge < -0.3 is 24.6 Å². The molecule has 0 aromatic heterocycles. The standard InChI is InChI=1S/C25H34N2O4/c1-18(2)25(17-26,20-8-10-22(29-3)21(28)16-20)12-6-13-27-14-11-19-7-9-23(30-4)24(15-19)31-5/h7-10,15-16,18,27-28H,6,11-14H2,1-5H3. The van der Waals surface area contributed by atoms with Crippen LogP contribution in [0.2, 0.25) is 0 Å². The highest BCUT2D eigenvalue weighted by molar-refractivity contribution is 5.46. The summed E-state index contributed by atoms with van der Waals surface area (Å²) < 4.78 is 15.8. The Morgan fingerprint density at radius 1 is 0.968 bits per heavy atom. The molecule has 0 spiro atoms. The van der Waals surface area contributed by atoms with Gasteiger partial charge in [0, 0.05) is 0 Å². The lowest BCUT2D eigenvalue weighted by atomic mass is 9.70. The molecule has 0 aliphatic rings. The van der Waals surface area contributed by atoms with Crippen molar-refractivity contribution >= 4 is 0 Å². The second-order valence-corrected chi connectivity index (χ2v) is 7.92. The summed E-state index contributed by atoms with van der Waals surface area (Å²) in [7, 11) is 4.78. The van der Waals surface area contributed by atoms with Gasteiger partial charge in [-0.25, -0.2) is 0 Å². The van der Waals surface area contributed by atoms with Gasteiger partial charge in [0.2, 0.25) is 0 Å². The molecule has 0 saturated carbocycles. The van der Waals surface area contributed by atoms with E-state index in [4.69, 9.17) is 14.2 Å². The van der Waals surface area contributed by atoms with E-state index < -0.39 is 5.41 Å². The smallest absolute Gasteiger partial charge is 0.160 e. The third kappa shape index (κ3) is 5.83. The summed E-state index contributed by atoms with van der Waals surface area (Å²) in [5, 5.41) is 23.7. The highest BCUT2D eigenvalue weighted by Crippen LogP contribution is 2.40. The SMILES string of the molecule is COc1ccc(C(C#N)(CCCNCCc2ccc(OC)c(OC)c2)C(C)C)cc1O. The van der Waals surface area contributed by atoms with Gasteiger partial charge in [0.1, 0.15) is 0 Å². The number of nitriles is 1. The van der Waals surface area contributed by atoms with Gasteiger partial charge in [0.25, 0.3) is 0 Å². The van der Waals surface area contributed by atoms with Crippen LogP contribution in [-0.2, 0) is 11.8 Å². The van der Waals surface area contributed by atoms with Crippen molar-refractivity contribution in [3.63, 3.8) is 0 Å². The number of nitrogens with one attached hydrogen (secondary N) is 1. The number of nitrogens with zero attached hydrogens (tertiary/aromatic N) is 1. The fourth-order valence-electron chi connectivity index (χ4n) is 3.87. The topological polar surface area (TPSA) is 83.7 Å². The van der Waals surface area contributed by atoms with Gasteiger partial charge in [-0.3, -0.25) is 0 Å². The predicted molar refractivity (Wildman–Crippen MR) is 122 cm³/mol. The van der Waals surface area contributed by atoms with Crippen molar-refractivity contribution in [2.45, 2.75) is 38.5 Å². The average Bonchev–Trinajstić information content (AvgIpc) is 2.78. The third-order valence-electron chi connectivity index (χ3n) is 5.84. The molecule has 0 fully saturated rings. The van der Waals surface area contributed by atoms with E-state index in [0.717, 1.165) is 43.0 Å². The number of aromatic hydroxyl groups is 1. The first-order chi connectivity index (χ1) is 14.9. The first-order valence-corrected chi connectivity index (χ1v) is 10.6. The van der Waals surface area contributed by atoms with Crippen molar-refractivity contribution in [1.82, 2.24) is 5.32 Å². The highest BCUT2D eigenvalue weighted by atomic mass is 16.5. The van der Waals surface area contributed by atoms with E-state index in [2.05, 4.69) is 25.2 Å². The van der Waals surface area contributed by atoms with Crippen LogP contribution < -0.4 is 19.5 Å². The van der Waals surface area contributed by atoms with Crippen LogP contribution in [0.15, 0.2) is 36.4 Å². The molecule has 0 heterocycles. The Hall–Kier alpha value is -2.91. The monoisotopic (exact) mass is 426 g/mol. The maximum atomic E-state index is 10.2. The minimum absolute atomic E-state index is 0.0633. The van der Waals surface area contributed by atoms with Crippen LogP contribution in [0.3, 0.4) is 0 Å². The number of phenolic OH excluding ortho intramolecular Hbond substituents is 1. The highest BCUT2D eigenvalue weighted by Gasteiger charge is 2.36. The van der Waals surface area contributed by atoms with Crippen molar-refractivity contribution in [1.29, 1.82) is 5.26 Å². The van der Waals surface area contributed by atoms with Gasteiger partial charge in [0.15, 0.2) is 23.0 Å². The summed E-state index contributed by atoms with van der Waals surface area (Å²) in [5.41, 5.74) is 1.34. The lowest BCUT2D eigenvalue weighted by molar-refractivity contribution is 0.348. The number of rotatable bonds is 12. The Labute approximate surface area is 185 Å². The molecule has 6 nitrogen and oxygen atoms in total. The first-order valence-electron chi connectivity index (χ1n) is 10.6. The van der Waals surface area contributed by atoms with E-state index in [0.29, 0.717) is 12.2 Å². The molecule has 2 rings (SSSR count). The zero-order valence-corrected chi connectivity index (χ0v) is 19.2. The van der Waals surface area contributed by atoms with Crippen molar-refractivity contribution in [2.24, 2.45) is 5.92 Å². The molecule has 0 aliphatic carbocycles. The molecule has 2 aromatic carbocycles. The summed E-state index contributed by atoms with van der Waals surface area (Å²) in [6.07, 6.45) is 2.43. The number of hydrogen-bond donors (Lipinski definition) is 2. The van der Waals surface area contributed by atoms with Crippen molar-refractivity contribution in [2.75, 3.05) is 34.4 Å². The Kier molecular flexibility index (Phi) is 9.02. The zero-order chi connectivity index (χ0) is 22.9. The molecule has 0 aliphatic heterocycles. The van der Waals surface area contributed by atoms with Gasteiger partial charge in [-0.05, 0) is 73.7 Å². The molecule has 2 N–H and O–H groups in total. The van der Waals surface area contributed by atoms with E-state index in [9.17, 15) is 10.4 Å². The maximum absolute atomic E-state index is 10.2. The number of hydrogen-bond acceptors (Lipinski definition) is 6. The summed E-state index contributed by atoms with van der Waals surface area (Å²) in [5.74, 6) is 2.05. The van der Waals surface area contributed by atoms with Crippen molar-refractivity contribution in [3.05, 3.63) is 47.5 Å². The fraction of sp³-hybridized carbons (Fsp3) is 0.480. The Bertz CT molecular complexity index is 892. The van der Waals surface area contributed by atoms with Crippen LogP contribution >= 0.6 is 0 Å². The molecule has 0 saturated heterocycles. The minimum Gasteiger partial charge on any atom is -0.504 e. The number of ether oxygens (including phenoxy) is 3. The number of benzene rings is 2. The molecule has 1 unspecified atom stereocenters. The molecular weight excluding hydrogens is 392 g/mol. The van der Waals surface area contributed by atoms with Gasteiger partial charge >= 0.3 is 0 Å².